The molecule has 8 nitrogen and oxygen atoms in total. The van der Waals surface area contributed by atoms with Crippen LogP contribution < -0.4 is 14.4 Å². The molecule has 0 aliphatic heterocycles. The van der Waals surface area contributed by atoms with Gasteiger partial charge in [-0.05, 0) is 55.7 Å². The van der Waals surface area contributed by atoms with Crippen molar-refractivity contribution in [3.63, 3.8) is 0 Å². The average molecular weight is 590 g/mol. The third-order valence-electron chi connectivity index (χ3n) is 6.58. The van der Waals surface area contributed by atoms with Crippen molar-refractivity contribution in [3.8, 4) is 5.75 Å². The van der Waals surface area contributed by atoms with E-state index in [0.717, 1.165) is 44.1 Å². The smallest absolute Gasteiger partial charge is 0.416 e. The number of nitrogens with zero attached hydrogens (tertiary/aromatic N) is 2. The highest BCUT2D eigenvalue weighted by atomic mass is 35.5. The second-order valence-electron chi connectivity index (χ2n) is 9.47. The van der Waals surface area contributed by atoms with Crippen molar-refractivity contribution < 1.29 is 35.9 Å². The summed E-state index contributed by atoms with van der Waals surface area (Å²) >= 11 is 6.11. The minimum absolute atomic E-state index is 0.0230. The number of anilines is 1. The van der Waals surface area contributed by atoms with E-state index in [9.17, 15) is 31.2 Å². The van der Waals surface area contributed by atoms with Gasteiger partial charge in [-0.1, -0.05) is 36.6 Å². The maximum atomic E-state index is 13.7. The van der Waals surface area contributed by atoms with Gasteiger partial charge in [0.25, 0.3) is 0 Å². The number of ether oxygens (including phenoxy) is 1. The molecule has 0 saturated heterocycles. The van der Waals surface area contributed by atoms with E-state index in [1.807, 2.05) is 0 Å². The summed E-state index contributed by atoms with van der Waals surface area (Å²) < 4.78 is 71.3. The standard InChI is InChI=1S/C26H31ClF3N3O5S/c1-17(25(35)31-20-8-4-5-9-20)32(15-18-7-6-10-21(13-18)38-2)24(34)16-33(39(3,36)37)23-14-19(26(28,29)30)11-12-22(23)27/h6-7,10-14,17,20H,4-5,8-9,15-16H2,1-3H3,(H,31,35)/t17-/m1/s1. The third kappa shape index (κ3) is 8.01. The molecule has 2 amide bonds. The van der Waals surface area contributed by atoms with Gasteiger partial charge in [0, 0.05) is 12.6 Å². The van der Waals surface area contributed by atoms with Crippen molar-refractivity contribution in [3.05, 3.63) is 58.6 Å². The lowest BCUT2D eigenvalue weighted by Gasteiger charge is -2.32. The Morgan fingerprint density at radius 1 is 1.15 bits per heavy atom. The van der Waals surface area contributed by atoms with E-state index in [-0.39, 0.29) is 17.6 Å². The first-order chi connectivity index (χ1) is 18.2. The van der Waals surface area contributed by atoms with Crippen LogP contribution in [-0.4, -0.2) is 57.1 Å². The Morgan fingerprint density at radius 2 is 1.82 bits per heavy atom. The van der Waals surface area contributed by atoms with Crippen LogP contribution in [0, 0.1) is 0 Å². The molecule has 1 fully saturated rings. The lowest BCUT2D eigenvalue weighted by Crippen LogP contribution is -2.52. The number of sulfonamides is 1. The lowest BCUT2D eigenvalue weighted by atomic mass is 10.1. The van der Waals surface area contributed by atoms with Crippen molar-refractivity contribution in [2.75, 3.05) is 24.2 Å². The number of alkyl halides is 3. The van der Waals surface area contributed by atoms with E-state index in [1.165, 1.54) is 18.9 Å². The molecule has 0 heterocycles. The van der Waals surface area contributed by atoms with Gasteiger partial charge in [0.1, 0.15) is 18.3 Å². The quantitative estimate of drug-likeness (QED) is 0.437. The fraction of sp³-hybridized carbons (Fsp3) is 0.462. The molecule has 2 aromatic carbocycles. The molecule has 1 saturated carbocycles. The normalized spacial score (nSPS) is 15.1. The molecule has 0 aromatic heterocycles. The van der Waals surface area contributed by atoms with Crippen LogP contribution in [0.5, 0.6) is 5.75 Å². The number of rotatable bonds is 10. The second kappa shape index (κ2) is 12.5. The first kappa shape index (κ1) is 30.6. The van der Waals surface area contributed by atoms with Gasteiger partial charge in [-0.15, -0.1) is 0 Å². The van der Waals surface area contributed by atoms with Gasteiger partial charge in [0.15, 0.2) is 0 Å². The van der Waals surface area contributed by atoms with Gasteiger partial charge in [0.2, 0.25) is 21.8 Å². The molecule has 0 bridgehead atoms. The zero-order valence-electron chi connectivity index (χ0n) is 21.8. The molecular weight excluding hydrogens is 559 g/mol. The second-order valence-corrected chi connectivity index (χ2v) is 11.8. The van der Waals surface area contributed by atoms with E-state index in [1.54, 1.807) is 24.3 Å². The number of carbonyl (C=O) groups is 2. The molecule has 0 spiro atoms. The van der Waals surface area contributed by atoms with Crippen molar-refractivity contribution in [1.29, 1.82) is 0 Å². The maximum absolute atomic E-state index is 13.7. The highest BCUT2D eigenvalue weighted by Crippen LogP contribution is 2.36. The number of hydrogen-bond acceptors (Lipinski definition) is 5. The van der Waals surface area contributed by atoms with Gasteiger partial charge in [-0.25, -0.2) is 8.42 Å². The number of benzene rings is 2. The summed E-state index contributed by atoms with van der Waals surface area (Å²) in [5, 5.41) is 2.65. The Hall–Kier alpha value is -2.99. The molecule has 39 heavy (non-hydrogen) atoms. The van der Waals surface area contributed by atoms with Crippen LogP contribution in [0.25, 0.3) is 0 Å². The molecule has 1 atom stereocenters. The van der Waals surface area contributed by atoms with E-state index in [0.29, 0.717) is 21.7 Å². The summed E-state index contributed by atoms with van der Waals surface area (Å²) in [6.45, 7) is 0.568. The molecular formula is C26H31ClF3N3O5S. The topological polar surface area (TPSA) is 96.0 Å². The number of amides is 2. The monoisotopic (exact) mass is 589 g/mol. The summed E-state index contributed by atoms with van der Waals surface area (Å²) in [4.78, 5) is 28.0. The lowest BCUT2D eigenvalue weighted by molar-refractivity contribution is -0.139. The van der Waals surface area contributed by atoms with E-state index < -0.39 is 51.9 Å². The minimum Gasteiger partial charge on any atom is -0.497 e. The molecule has 1 aliphatic carbocycles. The van der Waals surface area contributed by atoms with Gasteiger partial charge in [-0.2, -0.15) is 13.2 Å². The Morgan fingerprint density at radius 3 is 2.41 bits per heavy atom. The van der Waals surface area contributed by atoms with Crippen LogP contribution >= 0.6 is 11.6 Å². The van der Waals surface area contributed by atoms with Gasteiger partial charge < -0.3 is 15.0 Å². The van der Waals surface area contributed by atoms with Crippen LogP contribution in [-0.2, 0) is 32.3 Å². The summed E-state index contributed by atoms with van der Waals surface area (Å²) in [7, 11) is -2.79. The molecule has 0 radical (unpaired) electrons. The van der Waals surface area contributed by atoms with Gasteiger partial charge >= 0.3 is 6.18 Å². The zero-order valence-corrected chi connectivity index (χ0v) is 23.4. The number of methoxy groups -OCH3 is 1. The van der Waals surface area contributed by atoms with E-state index >= 15 is 0 Å². The summed E-state index contributed by atoms with van der Waals surface area (Å²) in [5.74, 6) is -0.705. The summed E-state index contributed by atoms with van der Waals surface area (Å²) in [6.07, 6.45) is -0.409. The predicted molar refractivity (Wildman–Crippen MR) is 142 cm³/mol. The first-order valence-corrected chi connectivity index (χ1v) is 14.5. The number of nitrogens with one attached hydrogen (secondary N) is 1. The Balaban J connectivity index is 1.97. The van der Waals surface area contributed by atoms with Gasteiger partial charge in [0.05, 0.1) is 29.6 Å². The molecule has 0 unspecified atom stereocenters. The summed E-state index contributed by atoms with van der Waals surface area (Å²) in [6, 6.07) is 7.97. The highest BCUT2D eigenvalue weighted by molar-refractivity contribution is 7.92. The van der Waals surface area contributed by atoms with E-state index in [4.69, 9.17) is 16.3 Å². The average Bonchev–Trinajstić information content (AvgIpc) is 3.37. The van der Waals surface area contributed by atoms with E-state index in [2.05, 4.69) is 5.32 Å². The van der Waals surface area contributed by atoms with Crippen LogP contribution in [0.1, 0.15) is 43.7 Å². The van der Waals surface area contributed by atoms with Gasteiger partial charge in [-0.3, -0.25) is 13.9 Å². The Bertz CT molecular complexity index is 1300. The molecule has 13 heteroatoms. The Kier molecular flexibility index (Phi) is 9.76. The molecule has 214 valence electrons. The van der Waals surface area contributed by atoms with Crippen LogP contribution in [0.15, 0.2) is 42.5 Å². The van der Waals surface area contributed by atoms with Crippen molar-refractivity contribution in [1.82, 2.24) is 10.2 Å². The van der Waals surface area contributed by atoms with Crippen molar-refractivity contribution in [2.45, 2.75) is 57.4 Å². The highest BCUT2D eigenvalue weighted by Gasteiger charge is 2.35. The minimum atomic E-state index is -4.77. The summed E-state index contributed by atoms with van der Waals surface area (Å²) in [5.41, 5.74) is -1.02. The first-order valence-electron chi connectivity index (χ1n) is 12.3. The van der Waals surface area contributed by atoms with Crippen LogP contribution in [0.3, 0.4) is 0 Å². The fourth-order valence-corrected chi connectivity index (χ4v) is 5.54. The number of carbonyl (C=O) groups excluding carboxylic acids is 2. The molecule has 1 N–H and O–H groups in total. The van der Waals surface area contributed by atoms with Crippen LogP contribution in [0.2, 0.25) is 5.02 Å². The number of halogens is 4. The number of hydrogen-bond donors (Lipinski definition) is 1. The predicted octanol–water partition coefficient (Wildman–Crippen LogP) is 4.61. The molecule has 1 aliphatic rings. The Labute approximate surface area is 231 Å². The van der Waals surface area contributed by atoms with Crippen molar-refractivity contribution >= 4 is 39.1 Å². The zero-order chi connectivity index (χ0) is 29.0. The largest absolute Gasteiger partial charge is 0.497 e. The SMILES string of the molecule is COc1cccc(CN(C(=O)CN(c2cc(C(F)(F)F)ccc2Cl)S(C)(=O)=O)[C@H](C)C(=O)NC2CCCC2)c1. The molecule has 3 rings (SSSR count). The third-order valence-corrected chi connectivity index (χ3v) is 8.02. The van der Waals surface area contributed by atoms with Crippen LogP contribution in [0.4, 0.5) is 18.9 Å². The van der Waals surface area contributed by atoms with Crippen molar-refractivity contribution in [2.24, 2.45) is 0 Å². The fourth-order valence-electron chi connectivity index (χ4n) is 4.42. The molecule has 2 aromatic rings. The maximum Gasteiger partial charge on any atom is 0.416 e.